The van der Waals surface area contributed by atoms with Crippen LogP contribution in [0.2, 0.25) is 0 Å². The molecule has 0 bridgehead atoms. The molecule has 1 aliphatic heterocycles. The maximum Gasteiger partial charge on any atom is 0.335 e. The summed E-state index contributed by atoms with van der Waals surface area (Å²) in [5.74, 6) is -0.940. The Bertz CT molecular complexity index is 1130. The van der Waals surface area contributed by atoms with Crippen molar-refractivity contribution in [2.45, 2.75) is 25.1 Å². The van der Waals surface area contributed by atoms with E-state index in [1.54, 1.807) is 17.0 Å². The van der Waals surface area contributed by atoms with E-state index in [1.165, 1.54) is 29.5 Å². The van der Waals surface area contributed by atoms with Crippen molar-refractivity contribution in [3.63, 3.8) is 0 Å². The standard InChI is InChI=1S/C25H22N2O3S/c1-17-6-5-9-19(14-17)15-22-23(28)27(16-18-7-3-2-4-8-18)25(31-22)26-21-12-10-20(11-13-21)24(29)30/h2-14,22H,15-16H2,1H3,(H,29,30). The SMILES string of the molecule is Cc1cccc(CC2SC(=Nc3ccc(C(=O)O)cc3)N(Cc3ccccc3)C2=O)c1. The number of aliphatic imine (C=N–C) groups is 1. The van der Waals surface area contributed by atoms with Gasteiger partial charge in [-0.25, -0.2) is 9.79 Å². The number of carboxylic acids is 1. The lowest BCUT2D eigenvalue weighted by Gasteiger charge is -2.16. The second kappa shape index (κ2) is 9.18. The van der Waals surface area contributed by atoms with Crippen LogP contribution in [0, 0.1) is 6.92 Å². The van der Waals surface area contributed by atoms with Crippen LogP contribution in [0.4, 0.5) is 5.69 Å². The molecule has 4 rings (SSSR count). The van der Waals surface area contributed by atoms with Gasteiger partial charge in [0, 0.05) is 0 Å². The smallest absolute Gasteiger partial charge is 0.335 e. The van der Waals surface area contributed by atoms with E-state index < -0.39 is 5.97 Å². The summed E-state index contributed by atoms with van der Waals surface area (Å²) in [5, 5.41) is 9.49. The van der Waals surface area contributed by atoms with E-state index in [9.17, 15) is 9.59 Å². The number of aryl methyl sites for hydroxylation is 1. The van der Waals surface area contributed by atoms with Gasteiger partial charge in [-0.2, -0.15) is 0 Å². The van der Waals surface area contributed by atoms with Crippen molar-refractivity contribution in [3.05, 3.63) is 101 Å². The molecule has 0 saturated carbocycles. The normalized spacial score (nSPS) is 17.3. The molecule has 1 atom stereocenters. The van der Waals surface area contributed by atoms with E-state index in [2.05, 4.69) is 11.1 Å². The Hall–Kier alpha value is -3.38. The minimum absolute atomic E-state index is 0.0382. The van der Waals surface area contributed by atoms with Crippen LogP contribution in [0.3, 0.4) is 0 Å². The topological polar surface area (TPSA) is 70.0 Å². The molecule has 1 saturated heterocycles. The van der Waals surface area contributed by atoms with Crippen LogP contribution in [0.5, 0.6) is 0 Å². The number of carbonyl (C=O) groups is 2. The molecule has 6 heteroatoms. The molecule has 156 valence electrons. The van der Waals surface area contributed by atoms with Gasteiger partial charge < -0.3 is 5.11 Å². The van der Waals surface area contributed by atoms with Crippen molar-refractivity contribution in [3.8, 4) is 0 Å². The first-order valence-electron chi connectivity index (χ1n) is 9.99. The van der Waals surface area contributed by atoms with Crippen molar-refractivity contribution in [1.29, 1.82) is 0 Å². The second-order valence-electron chi connectivity index (χ2n) is 7.46. The predicted molar refractivity (Wildman–Crippen MR) is 124 cm³/mol. The fourth-order valence-corrected chi connectivity index (χ4v) is 4.68. The van der Waals surface area contributed by atoms with Crippen molar-refractivity contribution in [1.82, 2.24) is 4.90 Å². The summed E-state index contributed by atoms with van der Waals surface area (Å²) >= 11 is 1.46. The average Bonchev–Trinajstić information content (AvgIpc) is 3.04. The molecular formula is C25H22N2O3S. The highest BCUT2D eigenvalue weighted by Gasteiger charge is 2.38. The summed E-state index contributed by atoms with van der Waals surface area (Å²) in [5.41, 5.74) is 4.15. The van der Waals surface area contributed by atoms with Gasteiger partial charge in [-0.1, -0.05) is 71.9 Å². The van der Waals surface area contributed by atoms with Gasteiger partial charge in [-0.05, 0) is 48.7 Å². The van der Waals surface area contributed by atoms with Gasteiger partial charge in [0.15, 0.2) is 5.17 Å². The van der Waals surface area contributed by atoms with E-state index in [1.807, 2.05) is 55.5 Å². The van der Waals surface area contributed by atoms with Gasteiger partial charge in [-0.15, -0.1) is 0 Å². The first-order valence-corrected chi connectivity index (χ1v) is 10.9. The van der Waals surface area contributed by atoms with Crippen LogP contribution in [-0.4, -0.2) is 32.3 Å². The van der Waals surface area contributed by atoms with Gasteiger partial charge in [0.25, 0.3) is 0 Å². The third kappa shape index (κ3) is 5.03. The number of amidine groups is 1. The molecule has 0 aromatic heterocycles. The number of nitrogens with zero attached hydrogens (tertiary/aromatic N) is 2. The molecule has 1 amide bonds. The average molecular weight is 431 g/mol. The Kier molecular flexibility index (Phi) is 6.18. The number of hydrogen-bond donors (Lipinski definition) is 1. The predicted octanol–water partition coefficient (Wildman–Crippen LogP) is 5.07. The summed E-state index contributed by atoms with van der Waals surface area (Å²) in [6, 6.07) is 24.4. The Morgan fingerprint density at radius 2 is 1.71 bits per heavy atom. The number of hydrogen-bond acceptors (Lipinski definition) is 4. The third-order valence-electron chi connectivity index (χ3n) is 5.05. The second-order valence-corrected chi connectivity index (χ2v) is 8.63. The van der Waals surface area contributed by atoms with Crippen LogP contribution in [-0.2, 0) is 17.8 Å². The molecule has 31 heavy (non-hydrogen) atoms. The minimum atomic E-state index is -0.978. The van der Waals surface area contributed by atoms with Gasteiger partial charge >= 0.3 is 5.97 Å². The Morgan fingerprint density at radius 1 is 1.00 bits per heavy atom. The van der Waals surface area contributed by atoms with E-state index in [0.29, 0.717) is 23.8 Å². The highest BCUT2D eigenvalue weighted by molar-refractivity contribution is 8.15. The highest BCUT2D eigenvalue weighted by atomic mass is 32.2. The van der Waals surface area contributed by atoms with Crippen LogP contribution < -0.4 is 0 Å². The monoisotopic (exact) mass is 430 g/mol. The van der Waals surface area contributed by atoms with Gasteiger partial charge in [0.1, 0.15) is 0 Å². The molecule has 3 aromatic carbocycles. The molecular weight excluding hydrogens is 408 g/mol. The molecule has 1 N–H and O–H groups in total. The Balaban J connectivity index is 1.62. The molecule has 0 aliphatic carbocycles. The number of carbonyl (C=O) groups excluding carboxylic acids is 1. The first kappa shape index (κ1) is 20.9. The Labute approximate surface area is 185 Å². The molecule has 1 fully saturated rings. The Morgan fingerprint density at radius 3 is 2.39 bits per heavy atom. The van der Waals surface area contributed by atoms with Crippen molar-refractivity contribution >= 4 is 34.5 Å². The summed E-state index contributed by atoms with van der Waals surface area (Å²) < 4.78 is 0. The number of amides is 1. The van der Waals surface area contributed by atoms with E-state index in [-0.39, 0.29) is 16.7 Å². The van der Waals surface area contributed by atoms with Gasteiger partial charge in [-0.3, -0.25) is 9.69 Å². The molecule has 1 heterocycles. The van der Waals surface area contributed by atoms with E-state index in [0.717, 1.165) is 11.1 Å². The number of benzene rings is 3. The van der Waals surface area contributed by atoms with Crippen molar-refractivity contribution in [2.75, 3.05) is 0 Å². The largest absolute Gasteiger partial charge is 0.478 e. The summed E-state index contributed by atoms with van der Waals surface area (Å²) in [6.45, 7) is 2.49. The number of rotatable bonds is 6. The number of aromatic carboxylic acids is 1. The zero-order valence-electron chi connectivity index (χ0n) is 17.1. The fourth-order valence-electron chi connectivity index (χ4n) is 3.48. The van der Waals surface area contributed by atoms with Crippen molar-refractivity contribution < 1.29 is 14.7 Å². The fraction of sp³-hybridized carbons (Fsp3) is 0.160. The highest BCUT2D eigenvalue weighted by Crippen LogP contribution is 2.33. The summed E-state index contributed by atoms with van der Waals surface area (Å²) in [6.07, 6.45) is 0.632. The van der Waals surface area contributed by atoms with Crippen molar-refractivity contribution in [2.24, 2.45) is 4.99 Å². The lowest BCUT2D eigenvalue weighted by atomic mass is 10.1. The molecule has 0 spiro atoms. The van der Waals surface area contributed by atoms with Crippen LogP contribution in [0.15, 0.2) is 83.9 Å². The van der Waals surface area contributed by atoms with Crippen LogP contribution in [0.1, 0.15) is 27.0 Å². The molecule has 3 aromatic rings. The van der Waals surface area contributed by atoms with Crippen LogP contribution in [0.25, 0.3) is 0 Å². The minimum Gasteiger partial charge on any atom is -0.478 e. The number of carboxylic acid groups (broad SMARTS) is 1. The molecule has 5 nitrogen and oxygen atoms in total. The maximum absolute atomic E-state index is 13.3. The van der Waals surface area contributed by atoms with Crippen LogP contribution >= 0.6 is 11.8 Å². The zero-order valence-corrected chi connectivity index (χ0v) is 17.9. The summed E-state index contributed by atoms with van der Waals surface area (Å²) in [4.78, 5) is 30.8. The maximum atomic E-state index is 13.3. The van der Waals surface area contributed by atoms with Gasteiger partial charge in [0.05, 0.1) is 23.0 Å². The van der Waals surface area contributed by atoms with Gasteiger partial charge in [0.2, 0.25) is 5.91 Å². The molecule has 0 radical (unpaired) electrons. The molecule has 1 unspecified atom stereocenters. The van der Waals surface area contributed by atoms with E-state index >= 15 is 0 Å². The lowest BCUT2D eigenvalue weighted by molar-refractivity contribution is -0.126. The first-order chi connectivity index (χ1) is 15.0. The number of thioether (sulfide) groups is 1. The molecule has 1 aliphatic rings. The third-order valence-corrected chi connectivity index (χ3v) is 6.22. The summed E-state index contributed by atoms with van der Waals surface area (Å²) in [7, 11) is 0. The quantitative estimate of drug-likeness (QED) is 0.593. The lowest BCUT2D eigenvalue weighted by Crippen LogP contribution is -2.32. The van der Waals surface area contributed by atoms with E-state index in [4.69, 9.17) is 5.11 Å². The zero-order chi connectivity index (χ0) is 21.8.